The summed E-state index contributed by atoms with van der Waals surface area (Å²) in [6, 6.07) is 18.0. The van der Waals surface area contributed by atoms with Gasteiger partial charge in [0.2, 0.25) is 0 Å². The molecular weight excluding hydrogens is 286 g/mol. The highest BCUT2D eigenvalue weighted by Crippen LogP contribution is 2.23. The van der Waals surface area contributed by atoms with Gasteiger partial charge in [0.05, 0.1) is 19.1 Å². The smallest absolute Gasteiger partial charge is 0.171 e. The lowest BCUT2D eigenvalue weighted by Crippen LogP contribution is -2.40. The summed E-state index contributed by atoms with van der Waals surface area (Å²) in [5, 5.41) is 0. The van der Waals surface area contributed by atoms with Gasteiger partial charge in [-0.25, -0.2) is 0 Å². The van der Waals surface area contributed by atoms with Gasteiger partial charge in [-0.3, -0.25) is 9.69 Å². The second-order valence-corrected chi connectivity index (χ2v) is 6.11. The summed E-state index contributed by atoms with van der Waals surface area (Å²) >= 11 is 0. The first-order chi connectivity index (χ1) is 11.2. The van der Waals surface area contributed by atoms with Gasteiger partial charge in [0.25, 0.3) is 0 Å². The second kappa shape index (κ2) is 7.53. The highest BCUT2D eigenvalue weighted by Gasteiger charge is 2.25. The first-order valence-electron chi connectivity index (χ1n) is 8.20. The van der Waals surface area contributed by atoms with Crippen LogP contribution in [-0.2, 0) is 4.74 Å². The molecule has 1 aliphatic rings. The number of aryl methyl sites for hydroxylation is 1. The molecule has 3 nitrogen and oxygen atoms in total. The van der Waals surface area contributed by atoms with E-state index >= 15 is 0 Å². The molecule has 0 aromatic heterocycles. The number of hydrogen-bond acceptors (Lipinski definition) is 3. The largest absolute Gasteiger partial charge is 0.379 e. The predicted octanol–water partition coefficient (Wildman–Crippen LogP) is 3.29. The number of nitrogens with zero attached hydrogens (tertiary/aromatic N) is 1. The molecule has 0 bridgehead atoms. The molecule has 0 saturated carbocycles. The van der Waals surface area contributed by atoms with E-state index in [1.54, 1.807) is 0 Å². The van der Waals surface area contributed by atoms with Crippen LogP contribution in [0.25, 0.3) is 0 Å². The number of ether oxygens (including phenoxy) is 1. The molecule has 1 fully saturated rings. The molecule has 0 N–H and O–H groups in total. The lowest BCUT2D eigenvalue weighted by atomic mass is 9.89. The molecule has 0 amide bonds. The minimum atomic E-state index is -0.128. The van der Waals surface area contributed by atoms with Crippen molar-refractivity contribution in [3.05, 3.63) is 71.3 Å². The van der Waals surface area contributed by atoms with Gasteiger partial charge in [-0.05, 0) is 12.5 Å². The molecular formula is C20H23NO2. The molecule has 0 radical (unpaired) electrons. The van der Waals surface area contributed by atoms with Gasteiger partial charge in [0, 0.05) is 25.2 Å². The molecule has 23 heavy (non-hydrogen) atoms. The van der Waals surface area contributed by atoms with Gasteiger partial charge in [0.1, 0.15) is 0 Å². The number of rotatable bonds is 5. The second-order valence-electron chi connectivity index (χ2n) is 6.11. The zero-order valence-corrected chi connectivity index (χ0v) is 13.6. The van der Waals surface area contributed by atoms with Crippen LogP contribution < -0.4 is 0 Å². The Kier molecular flexibility index (Phi) is 5.21. The van der Waals surface area contributed by atoms with E-state index in [-0.39, 0.29) is 11.7 Å². The third kappa shape index (κ3) is 4.06. The molecule has 1 heterocycles. The molecule has 3 heteroatoms. The Morgan fingerprint density at radius 1 is 1.04 bits per heavy atom. The summed E-state index contributed by atoms with van der Waals surface area (Å²) in [6.07, 6.45) is 0. The Morgan fingerprint density at radius 3 is 2.35 bits per heavy atom. The first kappa shape index (κ1) is 15.9. The Hall–Kier alpha value is -1.97. The number of ketones is 1. The average molecular weight is 309 g/mol. The average Bonchev–Trinajstić information content (AvgIpc) is 2.61. The molecule has 1 unspecified atom stereocenters. The third-order valence-corrected chi connectivity index (χ3v) is 4.40. The number of carbonyl (C=O) groups excluding carboxylic acids is 1. The normalized spacial score (nSPS) is 16.9. The molecule has 120 valence electrons. The van der Waals surface area contributed by atoms with Crippen LogP contribution >= 0.6 is 0 Å². The molecule has 0 aliphatic carbocycles. The maximum Gasteiger partial charge on any atom is 0.171 e. The van der Waals surface area contributed by atoms with E-state index < -0.39 is 0 Å². The standard InChI is InChI=1S/C20H23NO2/c1-16-7-9-18(10-8-16)20(22)19(17-5-3-2-4-6-17)15-21-11-13-23-14-12-21/h2-10,19H,11-15H2,1H3. The highest BCUT2D eigenvalue weighted by atomic mass is 16.5. The van der Waals surface area contributed by atoms with Crippen molar-refractivity contribution in [2.24, 2.45) is 0 Å². The van der Waals surface area contributed by atoms with Crippen molar-refractivity contribution in [1.29, 1.82) is 0 Å². The summed E-state index contributed by atoms with van der Waals surface area (Å²) in [6.45, 7) is 6.08. The lowest BCUT2D eigenvalue weighted by molar-refractivity contribution is 0.0345. The summed E-state index contributed by atoms with van der Waals surface area (Å²) in [4.78, 5) is 15.4. The van der Waals surface area contributed by atoms with Crippen LogP contribution in [-0.4, -0.2) is 43.5 Å². The van der Waals surface area contributed by atoms with Crippen LogP contribution in [0.5, 0.6) is 0 Å². The third-order valence-electron chi connectivity index (χ3n) is 4.40. The predicted molar refractivity (Wildman–Crippen MR) is 92.0 cm³/mol. The summed E-state index contributed by atoms with van der Waals surface area (Å²) in [7, 11) is 0. The Balaban J connectivity index is 1.84. The van der Waals surface area contributed by atoms with E-state index in [9.17, 15) is 4.79 Å². The van der Waals surface area contributed by atoms with Crippen LogP contribution in [0, 0.1) is 6.92 Å². The Morgan fingerprint density at radius 2 is 1.70 bits per heavy atom. The van der Waals surface area contributed by atoms with Gasteiger partial charge in [0.15, 0.2) is 5.78 Å². The Labute approximate surface area is 137 Å². The lowest BCUT2D eigenvalue weighted by Gasteiger charge is -2.30. The van der Waals surface area contributed by atoms with E-state index in [4.69, 9.17) is 4.74 Å². The van der Waals surface area contributed by atoms with Crippen LogP contribution in [0.3, 0.4) is 0 Å². The van der Waals surface area contributed by atoms with Crippen LogP contribution in [0.1, 0.15) is 27.4 Å². The molecule has 3 rings (SSSR count). The van der Waals surface area contributed by atoms with Crippen LogP contribution in [0.4, 0.5) is 0 Å². The molecule has 2 aromatic rings. The highest BCUT2D eigenvalue weighted by molar-refractivity contribution is 6.01. The molecule has 1 atom stereocenters. The molecule has 0 spiro atoms. The minimum absolute atomic E-state index is 0.128. The van der Waals surface area contributed by atoms with Crippen LogP contribution in [0.15, 0.2) is 54.6 Å². The van der Waals surface area contributed by atoms with E-state index in [1.165, 1.54) is 5.56 Å². The fraction of sp³-hybridized carbons (Fsp3) is 0.350. The maximum atomic E-state index is 13.1. The number of benzene rings is 2. The van der Waals surface area contributed by atoms with Crippen molar-refractivity contribution < 1.29 is 9.53 Å². The fourth-order valence-corrected chi connectivity index (χ4v) is 2.99. The topological polar surface area (TPSA) is 29.5 Å². The van der Waals surface area contributed by atoms with Gasteiger partial charge < -0.3 is 4.74 Å². The molecule has 1 saturated heterocycles. The van der Waals surface area contributed by atoms with Gasteiger partial charge in [-0.1, -0.05) is 60.2 Å². The number of Topliss-reactive ketones (excluding diaryl/α,β-unsaturated/α-hetero) is 1. The van der Waals surface area contributed by atoms with Crippen molar-refractivity contribution in [3.63, 3.8) is 0 Å². The number of carbonyl (C=O) groups is 1. The van der Waals surface area contributed by atoms with Crippen molar-refractivity contribution in [3.8, 4) is 0 Å². The summed E-state index contributed by atoms with van der Waals surface area (Å²) in [5.41, 5.74) is 3.05. The summed E-state index contributed by atoms with van der Waals surface area (Å²) < 4.78 is 5.42. The van der Waals surface area contributed by atoms with E-state index in [1.807, 2.05) is 49.4 Å². The summed E-state index contributed by atoms with van der Waals surface area (Å²) in [5.74, 6) is 0.0692. The van der Waals surface area contributed by atoms with E-state index in [2.05, 4.69) is 17.0 Å². The van der Waals surface area contributed by atoms with Crippen molar-refractivity contribution >= 4 is 5.78 Å². The minimum Gasteiger partial charge on any atom is -0.379 e. The van der Waals surface area contributed by atoms with Crippen molar-refractivity contribution in [2.45, 2.75) is 12.8 Å². The first-order valence-corrected chi connectivity index (χ1v) is 8.20. The van der Waals surface area contributed by atoms with E-state index in [0.717, 1.165) is 44.0 Å². The molecule has 1 aliphatic heterocycles. The van der Waals surface area contributed by atoms with Gasteiger partial charge in [-0.15, -0.1) is 0 Å². The zero-order chi connectivity index (χ0) is 16.1. The van der Waals surface area contributed by atoms with Gasteiger partial charge in [-0.2, -0.15) is 0 Å². The Bertz CT molecular complexity index is 630. The number of morpholine rings is 1. The fourth-order valence-electron chi connectivity index (χ4n) is 2.99. The number of hydrogen-bond donors (Lipinski definition) is 0. The maximum absolute atomic E-state index is 13.1. The van der Waals surface area contributed by atoms with E-state index in [0.29, 0.717) is 0 Å². The quantitative estimate of drug-likeness (QED) is 0.794. The van der Waals surface area contributed by atoms with Crippen molar-refractivity contribution in [2.75, 3.05) is 32.8 Å². The van der Waals surface area contributed by atoms with Gasteiger partial charge >= 0.3 is 0 Å². The zero-order valence-electron chi connectivity index (χ0n) is 13.6. The SMILES string of the molecule is Cc1ccc(C(=O)C(CN2CCOCC2)c2ccccc2)cc1. The van der Waals surface area contributed by atoms with Crippen molar-refractivity contribution in [1.82, 2.24) is 4.90 Å². The van der Waals surface area contributed by atoms with Crippen LogP contribution in [0.2, 0.25) is 0 Å². The molecule has 2 aromatic carbocycles. The monoisotopic (exact) mass is 309 g/mol.